The second-order valence-electron chi connectivity index (χ2n) is 6.96. The third-order valence-corrected chi connectivity index (χ3v) is 5.64. The van der Waals surface area contributed by atoms with Gasteiger partial charge in [-0.15, -0.1) is 0 Å². The van der Waals surface area contributed by atoms with E-state index < -0.39 is 5.97 Å². The van der Waals surface area contributed by atoms with Gasteiger partial charge in [0.1, 0.15) is 0 Å². The number of benzene rings is 2. The predicted octanol–water partition coefficient (Wildman–Crippen LogP) is 4.52. The molecule has 1 unspecified atom stereocenters. The number of amides is 1. The van der Waals surface area contributed by atoms with Crippen LogP contribution in [0.15, 0.2) is 42.6 Å². The Bertz CT molecular complexity index is 1040. The molecule has 3 aromatic rings. The van der Waals surface area contributed by atoms with Crippen molar-refractivity contribution < 1.29 is 14.7 Å². The maximum Gasteiger partial charge on any atom is 0.337 e. The summed E-state index contributed by atoms with van der Waals surface area (Å²) in [5.41, 5.74) is 3.87. The zero-order valence-electron chi connectivity index (χ0n) is 14.8. The Hall–Kier alpha value is -2.79. The number of aromatic carboxylic acids is 1. The van der Waals surface area contributed by atoms with Crippen LogP contribution in [0.5, 0.6) is 0 Å². The lowest BCUT2D eigenvalue weighted by atomic mass is 9.95. The number of halogens is 1. The number of rotatable bonds is 3. The second-order valence-corrected chi connectivity index (χ2v) is 7.36. The molecule has 1 aliphatic heterocycles. The first-order chi connectivity index (χ1) is 12.9. The summed E-state index contributed by atoms with van der Waals surface area (Å²) in [6.45, 7) is 3.17. The van der Waals surface area contributed by atoms with Crippen LogP contribution in [0.4, 0.5) is 0 Å². The van der Waals surface area contributed by atoms with E-state index in [4.69, 9.17) is 11.6 Å². The van der Waals surface area contributed by atoms with Crippen molar-refractivity contribution >= 4 is 34.4 Å². The van der Waals surface area contributed by atoms with Crippen LogP contribution >= 0.6 is 11.6 Å². The van der Waals surface area contributed by atoms with E-state index in [0.29, 0.717) is 21.8 Å². The van der Waals surface area contributed by atoms with Gasteiger partial charge in [0, 0.05) is 48.6 Å². The minimum absolute atomic E-state index is 0.120. The SMILES string of the molecule is CC(=O)N1CCC(c2ccc(-c3cc4c(C(=O)O)c[nH]c4cc3Cl)cc2)C1. The number of carboxylic acids is 1. The van der Waals surface area contributed by atoms with Gasteiger partial charge in [-0.05, 0) is 29.7 Å². The van der Waals surface area contributed by atoms with E-state index in [2.05, 4.69) is 17.1 Å². The number of aromatic nitrogens is 1. The Balaban J connectivity index is 1.66. The molecule has 1 saturated heterocycles. The third-order valence-electron chi connectivity index (χ3n) is 5.33. The van der Waals surface area contributed by atoms with Gasteiger partial charge in [0.25, 0.3) is 0 Å². The van der Waals surface area contributed by atoms with Crippen molar-refractivity contribution in [2.75, 3.05) is 13.1 Å². The van der Waals surface area contributed by atoms with Crippen LogP contribution in [0, 0.1) is 0 Å². The van der Waals surface area contributed by atoms with E-state index >= 15 is 0 Å². The van der Waals surface area contributed by atoms with Gasteiger partial charge < -0.3 is 15.0 Å². The molecular formula is C21H19ClN2O3. The predicted molar refractivity (Wildman–Crippen MR) is 105 cm³/mol. The maximum atomic E-state index is 11.5. The Morgan fingerprint density at radius 2 is 1.96 bits per heavy atom. The average molecular weight is 383 g/mol. The Kier molecular flexibility index (Phi) is 4.40. The van der Waals surface area contributed by atoms with Crippen LogP contribution in [-0.2, 0) is 4.79 Å². The van der Waals surface area contributed by atoms with Crippen molar-refractivity contribution in [3.8, 4) is 11.1 Å². The zero-order valence-corrected chi connectivity index (χ0v) is 15.6. The lowest BCUT2D eigenvalue weighted by molar-refractivity contribution is -0.127. The van der Waals surface area contributed by atoms with Crippen LogP contribution in [0.25, 0.3) is 22.0 Å². The average Bonchev–Trinajstić information content (AvgIpc) is 3.28. The fourth-order valence-electron chi connectivity index (χ4n) is 3.79. The molecular weight excluding hydrogens is 364 g/mol. The first kappa shape index (κ1) is 17.6. The summed E-state index contributed by atoms with van der Waals surface area (Å²) in [4.78, 5) is 27.7. The van der Waals surface area contributed by atoms with Gasteiger partial charge in [-0.3, -0.25) is 4.79 Å². The number of H-pyrrole nitrogens is 1. The Labute approximate surface area is 161 Å². The van der Waals surface area contributed by atoms with E-state index in [9.17, 15) is 14.7 Å². The molecule has 0 bridgehead atoms. The van der Waals surface area contributed by atoms with Gasteiger partial charge in [0.15, 0.2) is 0 Å². The molecule has 0 aliphatic carbocycles. The standard InChI is InChI=1S/C21H19ClN2O3/c1-12(25)24-7-6-15(11-24)13-2-4-14(5-3-13)16-8-17-18(21(26)27)10-23-20(17)9-19(16)22/h2-5,8-10,15,23H,6-7,11H2,1H3,(H,26,27). The van der Waals surface area contributed by atoms with Crippen LogP contribution in [0.3, 0.4) is 0 Å². The van der Waals surface area contributed by atoms with E-state index in [0.717, 1.165) is 30.6 Å². The largest absolute Gasteiger partial charge is 0.478 e. The van der Waals surface area contributed by atoms with Crippen molar-refractivity contribution in [3.05, 3.63) is 58.7 Å². The topological polar surface area (TPSA) is 73.4 Å². The minimum Gasteiger partial charge on any atom is -0.478 e. The highest BCUT2D eigenvalue weighted by Crippen LogP contribution is 2.35. The first-order valence-corrected chi connectivity index (χ1v) is 9.21. The first-order valence-electron chi connectivity index (χ1n) is 8.84. The lowest BCUT2D eigenvalue weighted by Gasteiger charge is -2.14. The van der Waals surface area contributed by atoms with E-state index in [-0.39, 0.29) is 11.5 Å². The number of fused-ring (bicyclic) bond motifs is 1. The van der Waals surface area contributed by atoms with Crippen LogP contribution in [-0.4, -0.2) is 40.0 Å². The fourth-order valence-corrected chi connectivity index (χ4v) is 4.07. The van der Waals surface area contributed by atoms with Crippen molar-refractivity contribution in [1.29, 1.82) is 0 Å². The van der Waals surface area contributed by atoms with Crippen molar-refractivity contribution in [2.24, 2.45) is 0 Å². The minimum atomic E-state index is -0.971. The highest BCUT2D eigenvalue weighted by molar-refractivity contribution is 6.34. The zero-order chi connectivity index (χ0) is 19.1. The van der Waals surface area contributed by atoms with Crippen LogP contribution in [0.1, 0.15) is 35.2 Å². The molecule has 6 heteroatoms. The molecule has 1 fully saturated rings. The summed E-state index contributed by atoms with van der Waals surface area (Å²) in [5.74, 6) is -0.500. The van der Waals surface area contributed by atoms with E-state index in [1.807, 2.05) is 23.1 Å². The lowest BCUT2D eigenvalue weighted by Crippen LogP contribution is -2.25. The van der Waals surface area contributed by atoms with Crippen molar-refractivity contribution in [1.82, 2.24) is 9.88 Å². The summed E-state index contributed by atoms with van der Waals surface area (Å²) >= 11 is 6.44. The number of hydrogen-bond acceptors (Lipinski definition) is 2. The molecule has 0 saturated carbocycles. The molecule has 138 valence electrons. The van der Waals surface area contributed by atoms with Gasteiger partial charge in [0.05, 0.1) is 10.6 Å². The summed E-state index contributed by atoms with van der Waals surface area (Å²) in [6, 6.07) is 11.7. The molecule has 4 rings (SSSR count). The monoisotopic (exact) mass is 382 g/mol. The maximum absolute atomic E-state index is 11.5. The number of likely N-dealkylation sites (tertiary alicyclic amines) is 1. The molecule has 5 nitrogen and oxygen atoms in total. The van der Waals surface area contributed by atoms with Crippen LogP contribution in [0.2, 0.25) is 5.02 Å². The Morgan fingerprint density at radius 1 is 1.22 bits per heavy atom. The van der Waals surface area contributed by atoms with Gasteiger partial charge in [-0.25, -0.2) is 4.79 Å². The Morgan fingerprint density at radius 3 is 2.59 bits per heavy atom. The molecule has 2 heterocycles. The molecule has 2 N–H and O–H groups in total. The summed E-state index contributed by atoms with van der Waals surface area (Å²) < 4.78 is 0. The molecule has 0 spiro atoms. The molecule has 0 radical (unpaired) electrons. The number of aromatic amines is 1. The normalized spacial score (nSPS) is 16.8. The fraction of sp³-hybridized carbons (Fsp3) is 0.238. The smallest absolute Gasteiger partial charge is 0.337 e. The number of nitrogens with one attached hydrogen (secondary N) is 1. The number of carboxylic acid groups (broad SMARTS) is 1. The van der Waals surface area contributed by atoms with Gasteiger partial charge in [0.2, 0.25) is 5.91 Å². The van der Waals surface area contributed by atoms with Crippen molar-refractivity contribution in [2.45, 2.75) is 19.3 Å². The van der Waals surface area contributed by atoms with Crippen LogP contribution < -0.4 is 0 Å². The second kappa shape index (κ2) is 6.74. The van der Waals surface area contributed by atoms with E-state index in [1.54, 1.807) is 13.0 Å². The van der Waals surface area contributed by atoms with Gasteiger partial charge in [-0.2, -0.15) is 0 Å². The highest BCUT2D eigenvalue weighted by atomic mass is 35.5. The number of hydrogen-bond donors (Lipinski definition) is 2. The number of carbonyl (C=O) groups is 2. The van der Waals surface area contributed by atoms with Gasteiger partial charge >= 0.3 is 5.97 Å². The molecule has 1 atom stereocenters. The molecule has 27 heavy (non-hydrogen) atoms. The molecule has 1 amide bonds. The number of nitrogens with zero attached hydrogens (tertiary/aromatic N) is 1. The quantitative estimate of drug-likeness (QED) is 0.699. The van der Waals surface area contributed by atoms with Crippen molar-refractivity contribution in [3.63, 3.8) is 0 Å². The van der Waals surface area contributed by atoms with E-state index in [1.165, 1.54) is 11.8 Å². The molecule has 2 aromatic carbocycles. The molecule has 1 aromatic heterocycles. The number of carbonyl (C=O) groups excluding carboxylic acids is 1. The summed E-state index contributed by atoms with van der Waals surface area (Å²) in [7, 11) is 0. The summed E-state index contributed by atoms with van der Waals surface area (Å²) in [5, 5.41) is 10.5. The molecule has 1 aliphatic rings. The van der Waals surface area contributed by atoms with Gasteiger partial charge in [-0.1, -0.05) is 35.9 Å². The summed E-state index contributed by atoms with van der Waals surface area (Å²) in [6.07, 6.45) is 2.45. The highest BCUT2D eigenvalue weighted by Gasteiger charge is 2.25. The third kappa shape index (κ3) is 3.19.